The van der Waals surface area contributed by atoms with Crippen LogP contribution in [0.25, 0.3) is 0 Å². The highest BCUT2D eigenvalue weighted by Gasteiger charge is 2.40. The second kappa shape index (κ2) is 5.92. The Morgan fingerprint density at radius 1 is 1.31 bits per heavy atom. The summed E-state index contributed by atoms with van der Waals surface area (Å²) >= 11 is 0. The SMILES string of the molecule is CCC(F)(F)CCCOC1CC1OC(C)C. The maximum atomic E-state index is 12.9. The van der Waals surface area contributed by atoms with Crippen molar-refractivity contribution in [3.63, 3.8) is 0 Å². The summed E-state index contributed by atoms with van der Waals surface area (Å²) in [4.78, 5) is 0. The van der Waals surface area contributed by atoms with Gasteiger partial charge in [0.2, 0.25) is 5.92 Å². The molecular formula is C12H22F2O2. The number of ether oxygens (including phenoxy) is 2. The number of rotatable bonds is 8. The topological polar surface area (TPSA) is 18.5 Å². The monoisotopic (exact) mass is 236 g/mol. The fraction of sp³-hybridized carbons (Fsp3) is 1.00. The van der Waals surface area contributed by atoms with E-state index in [0.717, 1.165) is 6.42 Å². The van der Waals surface area contributed by atoms with Crippen LogP contribution in [0.4, 0.5) is 8.78 Å². The highest BCUT2D eigenvalue weighted by molar-refractivity contribution is 4.89. The van der Waals surface area contributed by atoms with E-state index in [1.807, 2.05) is 13.8 Å². The summed E-state index contributed by atoms with van der Waals surface area (Å²) in [5.41, 5.74) is 0. The van der Waals surface area contributed by atoms with Crippen molar-refractivity contribution in [2.45, 2.75) is 70.7 Å². The lowest BCUT2D eigenvalue weighted by Crippen LogP contribution is -2.16. The van der Waals surface area contributed by atoms with Crippen LogP contribution in [-0.2, 0) is 9.47 Å². The van der Waals surface area contributed by atoms with Crippen LogP contribution in [0.5, 0.6) is 0 Å². The molecule has 1 aliphatic rings. The molecule has 0 saturated heterocycles. The summed E-state index contributed by atoms with van der Waals surface area (Å²) in [6.07, 6.45) is 1.70. The standard InChI is InChI=1S/C12H22F2O2/c1-4-12(13,14)6-5-7-15-10-8-11(10)16-9(2)3/h9-11H,4-8H2,1-3H3. The zero-order chi connectivity index (χ0) is 12.2. The first-order valence-corrected chi connectivity index (χ1v) is 6.09. The number of alkyl halides is 2. The van der Waals surface area contributed by atoms with E-state index < -0.39 is 5.92 Å². The Hall–Kier alpha value is -0.220. The van der Waals surface area contributed by atoms with E-state index in [2.05, 4.69) is 0 Å². The lowest BCUT2D eigenvalue weighted by atomic mass is 10.1. The predicted octanol–water partition coefficient (Wildman–Crippen LogP) is 3.39. The molecule has 1 rings (SSSR count). The lowest BCUT2D eigenvalue weighted by molar-refractivity contribution is -0.0262. The van der Waals surface area contributed by atoms with Crippen LogP contribution >= 0.6 is 0 Å². The van der Waals surface area contributed by atoms with Crippen molar-refractivity contribution in [3.05, 3.63) is 0 Å². The number of hydrogen-bond acceptors (Lipinski definition) is 2. The Kier molecular flexibility index (Phi) is 5.12. The van der Waals surface area contributed by atoms with Crippen molar-refractivity contribution in [2.24, 2.45) is 0 Å². The van der Waals surface area contributed by atoms with E-state index in [4.69, 9.17) is 9.47 Å². The van der Waals surface area contributed by atoms with Crippen LogP contribution in [0.2, 0.25) is 0 Å². The molecule has 2 nitrogen and oxygen atoms in total. The van der Waals surface area contributed by atoms with E-state index in [1.165, 1.54) is 6.92 Å². The van der Waals surface area contributed by atoms with E-state index in [-0.39, 0.29) is 31.2 Å². The third-order valence-electron chi connectivity index (χ3n) is 2.66. The van der Waals surface area contributed by atoms with E-state index in [0.29, 0.717) is 13.0 Å². The van der Waals surface area contributed by atoms with Gasteiger partial charge in [-0.2, -0.15) is 0 Å². The molecule has 0 heterocycles. The Morgan fingerprint density at radius 3 is 2.56 bits per heavy atom. The Labute approximate surface area is 96.3 Å². The van der Waals surface area contributed by atoms with Crippen molar-refractivity contribution in [1.82, 2.24) is 0 Å². The van der Waals surface area contributed by atoms with Gasteiger partial charge in [-0.05, 0) is 20.3 Å². The maximum absolute atomic E-state index is 12.9. The fourth-order valence-electron chi connectivity index (χ4n) is 1.56. The Balaban J connectivity index is 1.98. The fourth-order valence-corrected chi connectivity index (χ4v) is 1.56. The second-order valence-electron chi connectivity index (χ2n) is 4.68. The quantitative estimate of drug-likeness (QED) is 0.601. The summed E-state index contributed by atoms with van der Waals surface area (Å²) in [6, 6.07) is 0. The highest BCUT2D eigenvalue weighted by atomic mass is 19.3. The third-order valence-corrected chi connectivity index (χ3v) is 2.66. The van der Waals surface area contributed by atoms with Gasteiger partial charge in [0, 0.05) is 25.9 Å². The first-order valence-electron chi connectivity index (χ1n) is 6.09. The molecule has 2 atom stereocenters. The van der Waals surface area contributed by atoms with Gasteiger partial charge >= 0.3 is 0 Å². The second-order valence-corrected chi connectivity index (χ2v) is 4.68. The average Bonchev–Trinajstić information content (AvgIpc) is 2.90. The van der Waals surface area contributed by atoms with Crippen molar-refractivity contribution in [3.8, 4) is 0 Å². The van der Waals surface area contributed by atoms with Crippen LogP contribution in [0.1, 0.15) is 46.5 Å². The minimum Gasteiger partial charge on any atom is -0.375 e. The normalized spacial score (nSPS) is 25.1. The predicted molar refractivity (Wildman–Crippen MR) is 58.8 cm³/mol. The van der Waals surface area contributed by atoms with Gasteiger partial charge in [-0.3, -0.25) is 0 Å². The summed E-state index contributed by atoms with van der Waals surface area (Å²) in [7, 11) is 0. The van der Waals surface area contributed by atoms with Crippen LogP contribution in [0.3, 0.4) is 0 Å². The molecule has 2 unspecified atom stereocenters. The molecule has 1 aliphatic carbocycles. The van der Waals surface area contributed by atoms with Crippen molar-refractivity contribution in [2.75, 3.05) is 6.61 Å². The summed E-state index contributed by atoms with van der Waals surface area (Å²) < 4.78 is 36.7. The molecule has 0 spiro atoms. The Morgan fingerprint density at radius 2 is 2.00 bits per heavy atom. The highest BCUT2D eigenvalue weighted by Crippen LogP contribution is 2.31. The molecule has 96 valence electrons. The van der Waals surface area contributed by atoms with Crippen LogP contribution in [0.15, 0.2) is 0 Å². The zero-order valence-electron chi connectivity index (χ0n) is 10.3. The van der Waals surface area contributed by atoms with Gasteiger partial charge in [0.1, 0.15) is 0 Å². The molecule has 4 heteroatoms. The van der Waals surface area contributed by atoms with Crippen molar-refractivity contribution >= 4 is 0 Å². The summed E-state index contributed by atoms with van der Waals surface area (Å²) in [5.74, 6) is -2.53. The van der Waals surface area contributed by atoms with Gasteiger partial charge in [-0.1, -0.05) is 6.92 Å². The molecule has 0 bridgehead atoms. The van der Waals surface area contributed by atoms with E-state index >= 15 is 0 Å². The molecule has 0 aromatic heterocycles. The summed E-state index contributed by atoms with van der Waals surface area (Å²) in [6.45, 7) is 5.89. The molecular weight excluding hydrogens is 214 g/mol. The first-order chi connectivity index (χ1) is 7.44. The van der Waals surface area contributed by atoms with E-state index in [1.54, 1.807) is 0 Å². The van der Waals surface area contributed by atoms with Gasteiger partial charge in [0.05, 0.1) is 18.3 Å². The van der Waals surface area contributed by atoms with Crippen molar-refractivity contribution < 1.29 is 18.3 Å². The number of hydrogen-bond donors (Lipinski definition) is 0. The molecule has 0 N–H and O–H groups in total. The van der Waals surface area contributed by atoms with Gasteiger partial charge in [-0.15, -0.1) is 0 Å². The van der Waals surface area contributed by atoms with Crippen LogP contribution in [0, 0.1) is 0 Å². The van der Waals surface area contributed by atoms with Gasteiger partial charge in [-0.25, -0.2) is 8.78 Å². The third kappa shape index (κ3) is 5.21. The molecule has 0 aliphatic heterocycles. The molecule has 0 amide bonds. The van der Waals surface area contributed by atoms with Crippen LogP contribution < -0.4 is 0 Å². The van der Waals surface area contributed by atoms with Crippen molar-refractivity contribution in [1.29, 1.82) is 0 Å². The van der Waals surface area contributed by atoms with Gasteiger partial charge in [0.25, 0.3) is 0 Å². The summed E-state index contributed by atoms with van der Waals surface area (Å²) in [5, 5.41) is 0. The average molecular weight is 236 g/mol. The molecule has 16 heavy (non-hydrogen) atoms. The minimum absolute atomic E-state index is 0.0775. The van der Waals surface area contributed by atoms with Gasteiger partial charge in [0.15, 0.2) is 0 Å². The van der Waals surface area contributed by atoms with Gasteiger partial charge < -0.3 is 9.47 Å². The molecule has 1 fully saturated rings. The first kappa shape index (κ1) is 13.8. The molecule has 0 radical (unpaired) electrons. The largest absolute Gasteiger partial charge is 0.375 e. The lowest BCUT2D eigenvalue weighted by Gasteiger charge is -2.13. The molecule has 1 saturated carbocycles. The Bertz CT molecular complexity index is 207. The van der Waals surface area contributed by atoms with Crippen LogP contribution in [-0.4, -0.2) is 30.8 Å². The molecule has 0 aromatic carbocycles. The zero-order valence-corrected chi connectivity index (χ0v) is 10.3. The minimum atomic E-state index is -2.53. The number of halogens is 2. The molecule has 0 aromatic rings. The smallest absolute Gasteiger partial charge is 0.248 e. The maximum Gasteiger partial charge on any atom is 0.248 e. The van der Waals surface area contributed by atoms with E-state index in [9.17, 15) is 8.78 Å².